The van der Waals surface area contributed by atoms with Gasteiger partial charge in [-0.3, -0.25) is 4.79 Å². The number of rotatable bonds is 3. The third-order valence-corrected chi connectivity index (χ3v) is 5.57. The number of ether oxygens (including phenoxy) is 1. The number of hydrogen-bond acceptors (Lipinski definition) is 7. The average molecular weight is 398 g/mol. The van der Waals surface area contributed by atoms with E-state index in [1.807, 2.05) is 36.8 Å². The molecule has 0 spiro atoms. The zero-order valence-electron chi connectivity index (χ0n) is 16.7. The molecular weight excluding hydrogens is 375 g/mol. The smallest absolute Gasteiger partial charge is 0.289 e. The van der Waals surface area contributed by atoms with Crippen molar-refractivity contribution < 1.29 is 13.9 Å². The molecule has 29 heavy (non-hydrogen) atoms. The highest BCUT2D eigenvalue weighted by atomic mass is 19.1. The average Bonchev–Trinajstić information content (AvgIpc) is 2.67. The number of carbonyl (C=O) groups is 1. The highest BCUT2D eigenvalue weighted by Gasteiger charge is 2.38. The van der Waals surface area contributed by atoms with Crippen molar-refractivity contribution in [1.82, 2.24) is 9.88 Å². The van der Waals surface area contributed by atoms with Crippen LogP contribution in [0.4, 0.5) is 10.2 Å². The summed E-state index contributed by atoms with van der Waals surface area (Å²) in [5, 5.41) is 9.55. The Morgan fingerprint density at radius 3 is 2.83 bits per heavy atom. The van der Waals surface area contributed by atoms with Crippen LogP contribution in [-0.4, -0.2) is 66.4 Å². The number of likely N-dealkylation sites (tertiary alicyclic amines) is 1. The zero-order valence-corrected chi connectivity index (χ0v) is 16.7. The Kier molecular flexibility index (Phi) is 5.04. The normalized spacial score (nSPS) is 21.9. The number of fused-ring (bicyclic) bond motifs is 1. The summed E-state index contributed by atoms with van der Waals surface area (Å²) in [6.45, 7) is 5.88. The molecule has 0 N–H and O–H groups in total. The number of carbonyl (C=O) groups excluding carboxylic acids is 1. The van der Waals surface area contributed by atoms with Gasteiger partial charge >= 0.3 is 0 Å². The van der Waals surface area contributed by atoms with E-state index in [9.17, 15) is 14.4 Å². The largest absolute Gasteiger partial charge is 0.376 e. The van der Waals surface area contributed by atoms with Gasteiger partial charge in [0.05, 0.1) is 36.2 Å². The van der Waals surface area contributed by atoms with Gasteiger partial charge in [0, 0.05) is 32.1 Å². The van der Waals surface area contributed by atoms with Crippen LogP contribution in [-0.2, 0) is 22.6 Å². The molecule has 9 heteroatoms. The van der Waals surface area contributed by atoms with Crippen LogP contribution in [0.3, 0.4) is 0 Å². The number of guanidine groups is 1. The number of aromatic nitrogens is 1. The maximum Gasteiger partial charge on any atom is 0.289 e. The molecule has 4 heterocycles. The van der Waals surface area contributed by atoms with E-state index in [1.165, 1.54) is 0 Å². The molecule has 1 unspecified atom stereocenters. The molecule has 0 aromatic carbocycles. The lowest BCUT2D eigenvalue weighted by atomic mass is 10.0. The SMILES string of the molecule is CC(C)C1=NC(N2CC(N(C)c3nc4c(cc3C#N)COCC4)C2)=NC(=O)C1F. The molecule has 0 aliphatic carbocycles. The van der Waals surface area contributed by atoms with Crippen molar-refractivity contribution in [3.05, 3.63) is 22.9 Å². The molecule has 1 aromatic heterocycles. The fourth-order valence-electron chi connectivity index (χ4n) is 3.70. The van der Waals surface area contributed by atoms with Crippen LogP contribution in [0.5, 0.6) is 0 Å². The van der Waals surface area contributed by atoms with E-state index in [0.29, 0.717) is 37.7 Å². The van der Waals surface area contributed by atoms with Crippen molar-refractivity contribution in [2.45, 2.75) is 39.1 Å². The van der Waals surface area contributed by atoms with E-state index in [1.54, 1.807) is 0 Å². The minimum absolute atomic E-state index is 0.0890. The van der Waals surface area contributed by atoms with E-state index < -0.39 is 12.1 Å². The molecule has 8 nitrogen and oxygen atoms in total. The van der Waals surface area contributed by atoms with E-state index in [-0.39, 0.29) is 23.6 Å². The standard InChI is InChI=1S/C20H23FN6O2/c1-11(2)17-16(21)19(28)25-20(24-17)27-8-14(9-27)26(3)18-12(7-22)6-13-10-29-5-4-15(13)23-18/h6,11,14,16H,4-5,8-10H2,1-3H3. The Labute approximate surface area is 168 Å². The number of aliphatic imine (C=N–C) groups is 2. The third kappa shape index (κ3) is 3.49. The number of nitriles is 1. The number of nitrogens with zero attached hydrogens (tertiary/aromatic N) is 6. The number of alkyl halides is 1. The lowest BCUT2D eigenvalue weighted by molar-refractivity contribution is -0.120. The van der Waals surface area contributed by atoms with E-state index in [4.69, 9.17) is 9.72 Å². The van der Waals surface area contributed by atoms with Crippen molar-refractivity contribution in [3.8, 4) is 6.07 Å². The summed E-state index contributed by atoms with van der Waals surface area (Å²) >= 11 is 0. The van der Waals surface area contributed by atoms with Gasteiger partial charge in [0.1, 0.15) is 11.9 Å². The van der Waals surface area contributed by atoms with Crippen molar-refractivity contribution in [3.63, 3.8) is 0 Å². The van der Waals surface area contributed by atoms with Gasteiger partial charge in [-0.15, -0.1) is 0 Å². The zero-order chi connectivity index (χ0) is 20.7. The van der Waals surface area contributed by atoms with Crippen LogP contribution in [0, 0.1) is 17.2 Å². The van der Waals surface area contributed by atoms with Gasteiger partial charge in [-0.2, -0.15) is 10.3 Å². The van der Waals surface area contributed by atoms with E-state index >= 15 is 0 Å². The van der Waals surface area contributed by atoms with Crippen LogP contribution in [0.2, 0.25) is 0 Å². The summed E-state index contributed by atoms with van der Waals surface area (Å²) in [6.07, 6.45) is -1.02. The quantitative estimate of drug-likeness (QED) is 0.766. The minimum Gasteiger partial charge on any atom is -0.376 e. The number of likely N-dealkylation sites (N-methyl/N-ethyl adjacent to an activating group) is 1. The highest BCUT2D eigenvalue weighted by molar-refractivity contribution is 6.18. The van der Waals surface area contributed by atoms with E-state index in [0.717, 1.165) is 17.7 Å². The summed E-state index contributed by atoms with van der Waals surface area (Å²) in [6, 6.07) is 4.17. The van der Waals surface area contributed by atoms with Gasteiger partial charge in [0.2, 0.25) is 12.1 Å². The number of amides is 1. The second-order valence-electron chi connectivity index (χ2n) is 7.85. The Balaban J connectivity index is 1.50. The Morgan fingerprint density at radius 2 is 2.14 bits per heavy atom. The number of hydrogen-bond donors (Lipinski definition) is 0. The maximum atomic E-state index is 14.0. The van der Waals surface area contributed by atoms with Crippen LogP contribution in [0.15, 0.2) is 16.1 Å². The topological polar surface area (TPSA) is 94.2 Å². The second-order valence-corrected chi connectivity index (χ2v) is 7.85. The van der Waals surface area contributed by atoms with Crippen molar-refractivity contribution in [2.75, 3.05) is 31.6 Å². The lowest BCUT2D eigenvalue weighted by Crippen LogP contribution is -2.61. The second kappa shape index (κ2) is 7.52. The highest BCUT2D eigenvalue weighted by Crippen LogP contribution is 2.28. The summed E-state index contributed by atoms with van der Waals surface area (Å²) in [4.78, 5) is 28.6. The molecule has 152 valence electrons. The summed E-state index contributed by atoms with van der Waals surface area (Å²) < 4.78 is 19.5. The van der Waals surface area contributed by atoms with Gasteiger partial charge in [-0.1, -0.05) is 13.8 Å². The summed E-state index contributed by atoms with van der Waals surface area (Å²) in [7, 11) is 1.91. The Bertz CT molecular complexity index is 945. The van der Waals surface area contributed by atoms with Gasteiger partial charge in [0.25, 0.3) is 5.91 Å². The molecule has 1 fully saturated rings. The first kappa shape index (κ1) is 19.5. The van der Waals surface area contributed by atoms with Crippen LogP contribution in [0.25, 0.3) is 0 Å². The lowest BCUT2D eigenvalue weighted by Gasteiger charge is -2.45. The van der Waals surface area contributed by atoms with Crippen LogP contribution >= 0.6 is 0 Å². The maximum absolute atomic E-state index is 14.0. The molecule has 1 atom stereocenters. The molecule has 0 radical (unpaired) electrons. The molecular formula is C20H23FN6O2. The molecule has 3 aliphatic heterocycles. The van der Waals surface area contributed by atoms with Gasteiger partial charge in [-0.05, 0) is 12.0 Å². The number of anilines is 1. The molecule has 3 aliphatic rings. The first-order chi connectivity index (χ1) is 13.9. The molecule has 1 saturated heterocycles. The van der Waals surface area contributed by atoms with Gasteiger partial charge in [-0.25, -0.2) is 14.4 Å². The molecule has 0 bridgehead atoms. The predicted molar refractivity (Wildman–Crippen MR) is 106 cm³/mol. The Morgan fingerprint density at radius 1 is 1.38 bits per heavy atom. The van der Waals surface area contributed by atoms with Gasteiger partial charge < -0.3 is 14.5 Å². The molecule has 0 saturated carbocycles. The van der Waals surface area contributed by atoms with E-state index in [2.05, 4.69) is 16.1 Å². The minimum atomic E-state index is -1.75. The molecule has 1 amide bonds. The summed E-state index contributed by atoms with van der Waals surface area (Å²) in [5.41, 5.74) is 2.67. The fraction of sp³-hybridized carbons (Fsp3) is 0.550. The first-order valence-electron chi connectivity index (χ1n) is 9.72. The first-order valence-corrected chi connectivity index (χ1v) is 9.72. The van der Waals surface area contributed by atoms with Crippen molar-refractivity contribution in [1.29, 1.82) is 5.26 Å². The third-order valence-electron chi connectivity index (χ3n) is 5.57. The Hall–Kier alpha value is -2.86. The van der Waals surface area contributed by atoms with Crippen molar-refractivity contribution in [2.24, 2.45) is 15.9 Å². The van der Waals surface area contributed by atoms with Crippen LogP contribution < -0.4 is 4.90 Å². The predicted octanol–water partition coefficient (Wildman–Crippen LogP) is 1.48. The number of halogens is 1. The van der Waals surface area contributed by atoms with Crippen LogP contribution in [0.1, 0.15) is 30.7 Å². The summed E-state index contributed by atoms with van der Waals surface area (Å²) in [5.74, 6) is -0.0372. The molecule has 4 rings (SSSR count). The number of pyridine rings is 1. The van der Waals surface area contributed by atoms with Gasteiger partial charge in [0.15, 0.2) is 0 Å². The fourth-order valence-corrected chi connectivity index (χ4v) is 3.70. The monoisotopic (exact) mass is 398 g/mol. The molecule has 1 aromatic rings. The van der Waals surface area contributed by atoms with Crippen molar-refractivity contribution >= 4 is 23.4 Å².